The largest absolute Gasteiger partial charge is 0.311 e. The van der Waals surface area contributed by atoms with E-state index in [1.807, 2.05) is 19.9 Å². The zero-order valence-electron chi connectivity index (χ0n) is 25.5. The summed E-state index contributed by atoms with van der Waals surface area (Å²) in [7, 11) is 0. The molecule has 0 heterocycles. The normalized spacial score (nSPS) is 10.3. The molecule has 0 aliphatic heterocycles. The van der Waals surface area contributed by atoms with Gasteiger partial charge in [-0.05, 0) is 95.1 Å². The van der Waals surface area contributed by atoms with E-state index in [9.17, 15) is 0 Å². The summed E-state index contributed by atoms with van der Waals surface area (Å²) in [6.07, 6.45) is 0. The van der Waals surface area contributed by atoms with Crippen molar-refractivity contribution in [1.82, 2.24) is 0 Å². The Morgan fingerprint density at radius 2 is 0.744 bits per heavy atom. The maximum atomic E-state index is 2.29. The lowest BCUT2D eigenvalue weighted by atomic mass is 10.0. The van der Waals surface area contributed by atoms with Crippen LogP contribution in [0.25, 0.3) is 32.7 Å². The van der Waals surface area contributed by atoms with Gasteiger partial charge in [0.15, 0.2) is 0 Å². The molecule has 0 saturated carbocycles. The predicted molar refractivity (Wildman–Crippen MR) is 189 cm³/mol. The van der Waals surface area contributed by atoms with Gasteiger partial charge in [0.2, 0.25) is 0 Å². The number of nitrogens with zero attached hydrogens (tertiary/aromatic N) is 1. The molecule has 7 aromatic carbocycles. The van der Waals surface area contributed by atoms with Crippen molar-refractivity contribution in [3.63, 3.8) is 0 Å². The third kappa shape index (κ3) is 7.20. The molecular formula is C42H39N. The van der Waals surface area contributed by atoms with Crippen LogP contribution in [0, 0.1) is 13.8 Å². The number of hydrogen-bond donors (Lipinski definition) is 0. The lowest BCUT2D eigenvalue weighted by Gasteiger charge is -2.25. The van der Waals surface area contributed by atoms with Gasteiger partial charge < -0.3 is 4.90 Å². The molecule has 1 nitrogen and oxygen atoms in total. The smallest absolute Gasteiger partial charge is 0.0462 e. The minimum absolute atomic E-state index is 1.15. The van der Waals surface area contributed by atoms with Gasteiger partial charge in [0.05, 0.1) is 0 Å². The Kier molecular flexibility index (Phi) is 9.67. The first-order valence-corrected chi connectivity index (χ1v) is 15.1. The monoisotopic (exact) mass is 557 g/mol. The third-order valence-electron chi connectivity index (χ3n) is 7.40. The molecule has 0 atom stereocenters. The maximum Gasteiger partial charge on any atom is 0.0462 e. The van der Waals surface area contributed by atoms with Crippen molar-refractivity contribution in [3.8, 4) is 11.1 Å². The first-order valence-electron chi connectivity index (χ1n) is 15.1. The molecule has 43 heavy (non-hydrogen) atoms. The molecule has 0 bridgehead atoms. The third-order valence-corrected chi connectivity index (χ3v) is 7.40. The van der Waals surface area contributed by atoms with Gasteiger partial charge in [0, 0.05) is 17.1 Å². The van der Waals surface area contributed by atoms with Crippen LogP contribution in [-0.2, 0) is 0 Å². The summed E-state index contributed by atoms with van der Waals surface area (Å²) in [5.41, 5.74) is 8.52. The molecular weight excluding hydrogens is 518 g/mol. The van der Waals surface area contributed by atoms with Crippen LogP contribution < -0.4 is 4.90 Å². The van der Waals surface area contributed by atoms with E-state index in [0.717, 1.165) is 17.1 Å². The van der Waals surface area contributed by atoms with Crippen molar-refractivity contribution in [1.29, 1.82) is 0 Å². The zero-order chi connectivity index (χ0) is 30.0. The summed E-state index contributed by atoms with van der Waals surface area (Å²) in [6.45, 7) is 8.25. The summed E-state index contributed by atoms with van der Waals surface area (Å²) >= 11 is 0. The highest BCUT2D eigenvalue weighted by Gasteiger charge is 2.12. The van der Waals surface area contributed by atoms with Crippen molar-refractivity contribution < 1.29 is 0 Å². The van der Waals surface area contributed by atoms with Gasteiger partial charge in [-0.3, -0.25) is 0 Å². The van der Waals surface area contributed by atoms with Gasteiger partial charge in [-0.1, -0.05) is 140 Å². The molecule has 212 valence electrons. The molecule has 0 N–H and O–H groups in total. The topological polar surface area (TPSA) is 3.24 Å². The Hall–Kier alpha value is -5.14. The molecule has 0 aliphatic carbocycles. The average Bonchev–Trinajstić information content (AvgIpc) is 3.07. The molecule has 0 spiro atoms. The lowest BCUT2D eigenvalue weighted by molar-refractivity contribution is 1.27. The number of hydrogen-bond acceptors (Lipinski definition) is 1. The first-order chi connectivity index (χ1) is 21.1. The Balaban J connectivity index is 0.000000183. The highest BCUT2D eigenvalue weighted by molar-refractivity contribution is 5.98. The van der Waals surface area contributed by atoms with Gasteiger partial charge in [0.25, 0.3) is 0 Å². The highest BCUT2D eigenvalue weighted by atomic mass is 15.1. The van der Waals surface area contributed by atoms with Crippen molar-refractivity contribution in [2.45, 2.75) is 27.7 Å². The number of aryl methyl sites for hydroxylation is 2. The predicted octanol–water partition coefficient (Wildman–Crippen LogP) is 12.5. The van der Waals surface area contributed by atoms with Crippen LogP contribution in [0.3, 0.4) is 0 Å². The molecule has 0 unspecified atom stereocenters. The molecule has 0 aliphatic rings. The van der Waals surface area contributed by atoms with Crippen LogP contribution in [0.5, 0.6) is 0 Å². The maximum absolute atomic E-state index is 2.29. The summed E-state index contributed by atoms with van der Waals surface area (Å²) in [5.74, 6) is 0. The fourth-order valence-corrected chi connectivity index (χ4v) is 5.21. The molecule has 7 rings (SSSR count). The molecule has 1 heteroatoms. The van der Waals surface area contributed by atoms with Crippen LogP contribution in [0.4, 0.5) is 17.1 Å². The van der Waals surface area contributed by atoms with Crippen molar-refractivity contribution >= 4 is 38.6 Å². The van der Waals surface area contributed by atoms with Crippen molar-refractivity contribution in [3.05, 3.63) is 175 Å². The summed E-state index contributed by atoms with van der Waals surface area (Å²) < 4.78 is 0. The Bertz CT molecular complexity index is 1870. The van der Waals surface area contributed by atoms with Gasteiger partial charge in [-0.25, -0.2) is 0 Å². The Morgan fingerprint density at radius 1 is 0.326 bits per heavy atom. The van der Waals surface area contributed by atoms with Crippen LogP contribution >= 0.6 is 0 Å². The van der Waals surface area contributed by atoms with E-state index in [-0.39, 0.29) is 0 Å². The zero-order valence-corrected chi connectivity index (χ0v) is 25.5. The molecule has 7 aromatic rings. The van der Waals surface area contributed by atoms with Crippen LogP contribution in [0.1, 0.15) is 25.0 Å². The number of benzene rings is 7. The minimum atomic E-state index is 1.15. The second kappa shape index (κ2) is 14.2. The van der Waals surface area contributed by atoms with E-state index < -0.39 is 0 Å². The van der Waals surface area contributed by atoms with Crippen LogP contribution in [-0.4, -0.2) is 0 Å². The number of para-hydroxylation sites is 1. The van der Waals surface area contributed by atoms with E-state index in [1.165, 1.54) is 43.8 Å². The molecule has 0 fully saturated rings. The summed E-state index contributed by atoms with van der Waals surface area (Å²) in [6, 6.07) is 58.0. The molecule has 0 radical (unpaired) electrons. The number of anilines is 3. The number of rotatable bonds is 4. The lowest BCUT2D eigenvalue weighted by Crippen LogP contribution is -2.09. The molecule has 0 amide bonds. The average molecular weight is 558 g/mol. The minimum Gasteiger partial charge on any atom is -0.311 e. The quantitative estimate of drug-likeness (QED) is 0.195. The van der Waals surface area contributed by atoms with Gasteiger partial charge in [-0.15, -0.1) is 0 Å². The summed E-state index contributed by atoms with van der Waals surface area (Å²) in [5, 5.41) is 5.28. The van der Waals surface area contributed by atoms with Crippen LogP contribution in [0.15, 0.2) is 164 Å². The molecule has 0 saturated heterocycles. The molecule has 0 aromatic heterocycles. The van der Waals surface area contributed by atoms with Gasteiger partial charge in [-0.2, -0.15) is 0 Å². The van der Waals surface area contributed by atoms with Crippen molar-refractivity contribution in [2.75, 3.05) is 4.90 Å². The van der Waals surface area contributed by atoms with E-state index in [1.54, 1.807) is 0 Å². The SMILES string of the molecule is CC.Cc1ccc(N(c2ccccc2)c2ccc(-c3ccccc3)cc2)cc1.Cc1ccc2cc3ccccc3cc2c1. The first kappa shape index (κ1) is 29.4. The fourth-order valence-electron chi connectivity index (χ4n) is 5.21. The Morgan fingerprint density at radius 3 is 1.35 bits per heavy atom. The summed E-state index contributed by atoms with van der Waals surface area (Å²) in [4.78, 5) is 2.29. The van der Waals surface area contributed by atoms with E-state index in [0.29, 0.717) is 0 Å². The highest BCUT2D eigenvalue weighted by Crippen LogP contribution is 2.35. The van der Waals surface area contributed by atoms with Gasteiger partial charge >= 0.3 is 0 Å². The van der Waals surface area contributed by atoms with Crippen LogP contribution in [0.2, 0.25) is 0 Å². The second-order valence-corrected chi connectivity index (χ2v) is 10.5. The van der Waals surface area contributed by atoms with E-state index in [2.05, 4.69) is 176 Å². The second-order valence-electron chi connectivity index (χ2n) is 10.5. The standard InChI is InChI=1S/C25H21N.C15H12.C2H6/c1-20-12-16-24(17-13-20)26(23-10-6-3-7-11-23)25-18-14-22(15-19-25)21-8-4-2-5-9-21;1-11-6-7-14-9-12-4-2-3-5-13(12)10-15(14)8-11;1-2/h2-19H,1H3;2-10H,1H3;1-2H3. The fraction of sp³-hybridized carbons (Fsp3) is 0.0952. The van der Waals surface area contributed by atoms with E-state index >= 15 is 0 Å². The van der Waals surface area contributed by atoms with Gasteiger partial charge in [0.1, 0.15) is 0 Å². The number of fused-ring (bicyclic) bond motifs is 2. The van der Waals surface area contributed by atoms with Crippen molar-refractivity contribution in [2.24, 2.45) is 0 Å². The Labute approximate surface area is 256 Å². The van der Waals surface area contributed by atoms with E-state index in [4.69, 9.17) is 0 Å².